The average Bonchev–Trinajstić information content (AvgIpc) is 3.97. The number of hydrogen-bond acceptors (Lipinski definition) is 2. The fourth-order valence-electron chi connectivity index (χ4n) is 11.3. The number of thiophene rings is 1. The Morgan fingerprint density at radius 3 is 1.82 bits per heavy atom. The first-order valence-corrected chi connectivity index (χ1v) is 22.2. The molecule has 0 saturated heterocycles. The molecule has 1 unspecified atom stereocenters. The molecule has 0 N–H and O–H groups in total. The first-order valence-electron chi connectivity index (χ1n) is 21.4. The zero-order valence-corrected chi connectivity index (χ0v) is 34.4. The van der Waals surface area contributed by atoms with Crippen molar-refractivity contribution in [3.8, 4) is 27.9 Å². The van der Waals surface area contributed by atoms with E-state index in [0.717, 1.165) is 17.1 Å². The summed E-state index contributed by atoms with van der Waals surface area (Å²) in [5.74, 6) is 0. The van der Waals surface area contributed by atoms with E-state index in [9.17, 15) is 0 Å². The molecule has 2 aromatic heterocycles. The molecule has 0 radical (unpaired) electrons. The minimum absolute atomic E-state index is 0.504. The van der Waals surface area contributed by atoms with Gasteiger partial charge in [0.1, 0.15) is 0 Å². The van der Waals surface area contributed by atoms with Crippen LogP contribution < -0.4 is 4.90 Å². The van der Waals surface area contributed by atoms with Gasteiger partial charge in [0.2, 0.25) is 0 Å². The molecule has 1 spiro atoms. The molecule has 62 heavy (non-hydrogen) atoms. The average molecular weight is 805 g/mol. The van der Waals surface area contributed by atoms with Crippen molar-refractivity contribution in [3.63, 3.8) is 0 Å². The van der Waals surface area contributed by atoms with E-state index in [1.165, 1.54) is 103 Å². The van der Waals surface area contributed by atoms with Gasteiger partial charge in [0.15, 0.2) is 0 Å². The Kier molecular flexibility index (Phi) is 6.95. The highest BCUT2D eigenvalue weighted by molar-refractivity contribution is 7.25. The minimum Gasteiger partial charge on any atom is -0.310 e. The van der Waals surface area contributed by atoms with Gasteiger partial charge in [-0.25, -0.2) is 0 Å². The molecule has 288 valence electrons. The molecule has 0 bridgehead atoms. The molecule has 14 rings (SSSR count). The lowest BCUT2D eigenvalue weighted by molar-refractivity contribution is 0.773. The van der Waals surface area contributed by atoms with E-state index in [1.807, 2.05) is 11.3 Å². The summed E-state index contributed by atoms with van der Waals surface area (Å²) < 4.78 is 5.09. The summed E-state index contributed by atoms with van der Waals surface area (Å²) in [6, 6.07) is 81.7. The molecule has 12 aromatic rings. The van der Waals surface area contributed by atoms with E-state index in [1.54, 1.807) is 0 Å². The van der Waals surface area contributed by atoms with Crippen molar-refractivity contribution in [1.82, 2.24) is 4.57 Å². The van der Waals surface area contributed by atoms with Crippen LogP contribution in [0.5, 0.6) is 0 Å². The molecular weight excluding hydrogens is 769 g/mol. The topological polar surface area (TPSA) is 8.17 Å². The van der Waals surface area contributed by atoms with Gasteiger partial charge in [0.25, 0.3) is 0 Å². The Hall–Kier alpha value is -7.72. The highest BCUT2D eigenvalue weighted by Crippen LogP contribution is 2.62. The minimum atomic E-state index is -0.504. The van der Waals surface area contributed by atoms with Crippen molar-refractivity contribution < 1.29 is 0 Å². The number of fused-ring (bicyclic) bond motifs is 15. The molecule has 2 aliphatic rings. The van der Waals surface area contributed by atoms with E-state index in [2.05, 4.69) is 228 Å². The molecule has 2 nitrogen and oxygen atoms in total. The summed E-state index contributed by atoms with van der Waals surface area (Å²) in [6.45, 7) is 0. The predicted octanol–water partition coefficient (Wildman–Crippen LogP) is 16.1. The van der Waals surface area contributed by atoms with Gasteiger partial charge < -0.3 is 9.47 Å². The van der Waals surface area contributed by atoms with Crippen LogP contribution in [0.3, 0.4) is 0 Å². The Morgan fingerprint density at radius 1 is 0.355 bits per heavy atom. The second kappa shape index (κ2) is 12.7. The van der Waals surface area contributed by atoms with Gasteiger partial charge in [-0.15, -0.1) is 11.3 Å². The van der Waals surface area contributed by atoms with Gasteiger partial charge in [0.05, 0.1) is 16.4 Å². The number of anilines is 3. The van der Waals surface area contributed by atoms with Gasteiger partial charge in [-0.1, -0.05) is 152 Å². The second-order valence-corrected chi connectivity index (χ2v) is 17.9. The zero-order valence-electron chi connectivity index (χ0n) is 33.6. The lowest BCUT2D eigenvalue weighted by Crippen LogP contribution is -2.32. The number of aromatic nitrogens is 1. The van der Waals surface area contributed by atoms with Crippen molar-refractivity contribution in [2.24, 2.45) is 0 Å². The molecule has 0 fully saturated rings. The molecule has 1 atom stereocenters. The fourth-order valence-corrected chi connectivity index (χ4v) is 12.4. The molecular formula is C59H36N2S. The molecule has 10 aromatic carbocycles. The Bertz CT molecular complexity index is 3830. The maximum atomic E-state index is 2.50. The van der Waals surface area contributed by atoms with E-state index in [-0.39, 0.29) is 0 Å². The molecule has 0 aliphatic heterocycles. The summed E-state index contributed by atoms with van der Waals surface area (Å²) in [4.78, 5) is 2.46. The largest absolute Gasteiger partial charge is 0.310 e. The van der Waals surface area contributed by atoms with Crippen LogP contribution in [0.15, 0.2) is 218 Å². The summed E-state index contributed by atoms with van der Waals surface area (Å²) in [7, 11) is 0. The SMILES string of the molecule is c1ccc(N(c2ccc3c(c2)C2(c4ccccc4-3)c3ccccc3-c3cccc4cccc2c34)c2ccc3c4ccccc4n(-c4ccc5sc6ccccc6c5c4)c3c2)cc1. The van der Waals surface area contributed by atoms with Crippen LogP contribution in [-0.2, 0) is 5.41 Å². The van der Waals surface area contributed by atoms with Crippen LogP contribution in [0.1, 0.15) is 22.3 Å². The lowest BCUT2D eigenvalue weighted by Gasteiger charge is -2.40. The Morgan fingerprint density at radius 2 is 0.968 bits per heavy atom. The molecule has 0 saturated carbocycles. The molecule has 3 heteroatoms. The van der Waals surface area contributed by atoms with E-state index in [0.29, 0.717) is 0 Å². The molecule has 2 aliphatic carbocycles. The summed E-state index contributed by atoms with van der Waals surface area (Å²) in [6.07, 6.45) is 0. The standard InChI is InChI=1S/C59H36N2S/c1-2-16-38(17-3-1)60(41-29-32-46-45-20-6-10-26-54(45)61(55(46)36-41)39-30-33-57-49(34-39)47-21-7-11-27-56(47)62-57)40-28-31-44-42-18-4-8-23-50(42)59(53(44)35-40)51-24-9-5-19-43(51)48-22-12-14-37-15-13-25-52(59)58(37)48/h1-36H. The smallest absolute Gasteiger partial charge is 0.0726 e. The quantitative estimate of drug-likeness (QED) is 0.172. The summed E-state index contributed by atoms with van der Waals surface area (Å²) in [5, 5.41) is 7.71. The van der Waals surface area contributed by atoms with Crippen LogP contribution in [0, 0.1) is 0 Å². The summed E-state index contributed by atoms with van der Waals surface area (Å²) >= 11 is 1.86. The van der Waals surface area contributed by atoms with Gasteiger partial charge in [-0.05, 0) is 122 Å². The lowest BCUT2D eigenvalue weighted by atomic mass is 9.61. The van der Waals surface area contributed by atoms with Crippen molar-refractivity contribution in [2.45, 2.75) is 5.41 Å². The number of hydrogen-bond donors (Lipinski definition) is 0. The molecule has 0 amide bonds. The Labute approximate surface area is 362 Å². The Balaban J connectivity index is 1.03. The summed E-state index contributed by atoms with van der Waals surface area (Å²) in [5.41, 5.74) is 16.9. The van der Waals surface area contributed by atoms with Crippen molar-refractivity contribution in [3.05, 3.63) is 241 Å². The van der Waals surface area contributed by atoms with Crippen LogP contribution in [0.4, 0.5) is 17.1 Å². The van der Waals surface area contributed by atoms with Crippen molar-refractivity contribution in [1.29, 1.82) is 0 Å². The van der Waals surface area contributed by atoms with Gasteiger partial charge in [0, 0.05) is 53.7 Å². The van der Waals surface area contributed by atoms with Crippen LogP contribution in [0.2, 0.25) is 0 Å². The third kappa shape index (κ3) is 4.47. The van der Waals surface area contributed by atoms with Crippen LogP contribution in [0.25, 0.3) is 80.7 Å². The maximum Gasteiger partial charge on any atom is 0.0726 e. The van der Waals surface area contributed by atoms with Crippen LogP contribution in [-0.4, -0.2) is 4.57 Å². The molecule has 2 heterocycles. The second-order valence-electron chi connectivity index (χ2n) is 16.8. The van der Waals surface area contributed by atoms with E-state index < -0.39 is 5.41 Å². The first-order chi connectivity index (χ1) is 30.8. The number of para-hydroxylation sites is 2. The predicted molar refractivity (Wildman–Crippen MR) is 262 cm³/mol. The fraction of sp³-hybridized carbons (Fsp3) is 0.0169. The normalized spacial score (nSPS) is 14.8. The maximum absolute atomic E-state index is 2.50. The third-order valence-corrected chi connectivity index (χ3v) is 14.9. The van der Waals surface area contributed by atoms with E-state index in [4.69, 9.17) is 0 Å². The third-order valence-electron chi connectivity index (χ3n) is 13.8. The number of rotatable bonds is 4. The zero-order chi connectivity index (χ0) is 40.5. The van der Waals surface area contributed by atoms with Crippen LogP contribution >= 0.6 is 11.3 Å². The van der Waals surface area contributed by atoms with Crippen molar-refractivity contribution in [2.75, 3.05) is 4.90 Å². The van der Waals surface area contributed by atoms with E-state index >= 15 is 0 Å². The van der Waals surface area contributed by atoms with Gasteiger partial charge in [-0.2, -0.15) is 0 Å². The highest BCUT2D eigenvalue weighted by Gasteiger charge is 2.50. The highest BCUT2D eigenvalue weighted by atomic mass is 32.1. The number of benzene rings is 10. The van der Waals surface area contributed by atoms with Crippen molar-refractivity contribution >= 4 is 81.1 Å². The monoisotopic (exact) mass is 804 g/mol. The first kappa shape index (κ1) is 34.0. The van der Waals surface area contributed by atoms with Gasteiger partial charge in [-0.3, -0.25) is 0 Å². The number of nitrogens with zero attached hydrogens (tertiary/aromatic N) is 2. The van der Waals surface area contributed by atoms with Gasteiger partial charge >= 0.3 is 0 Å².